The third-order valence-corrected chi connectivity index (χ3v) is 5.79. The summed E-state index contributed by atoms with van der Waals surface area (Å²) in [6.45, 7) is 5.48. The standard InChI is InChI=1S/C21H31N3O4/c25-20(8-15-27-17-6-13-26-14-7-17)24-12-5-18(16-24)28-19-4-3-9-22-21(19)23-10-1-2-11-23/h3-4,9,17-18H,1-2,5-8,10-16H2. The molecule has 1 aromatic rings. The molecule has 154 valence electrons. The van der Waals surface area contributed by atoms with Gasteiger partial charge in [0.2, 0.25) is 5.91 Å². The zero-order valence-corrected chi connectivity index (χ0v) is 16.6. The number of ether oxygens (including phenoxy) is 3. The predicted octanol–water partition coefficient (Wildman–Crippen LogP) is 2.25. The Balaban J connectivity index is 1.23. The lowest BCUT2D eigenvalue weighted by Gasteiger charge is -2.23. The minimum Gasteiger partial charge on any atom is -0.485 e. The molecule has 1 unspecified atom stereocenters. The summed E-state index contributed by atoms with van der Waals surface area (Å²) in [5.41, 5.74) is 0. The highest BCUT2D eigenvalue weighted by Crippen LogP contribution is 2.30. The highest BCUT2D eigenvalue weighted by atomic mass is 16.5. The van der Waals surface area contributed by atoms with Gasteiger partial charge in [0.15, 0.2) is 11.6 Å². The van der Waals surface area contributed by atoms with Gasteiger partial charge in [-0.25, -0.2) is 4.98 Å². The normalized spacial score (nSPS) is 23.4. The fourth-order valence-corrected chi connectivity index (χ4v) is 4.18. The van der Waals surface area contributed by atoms with Crippen LogP contribution in [0.15, 0.2) is 18.3 Å². The van der Waals surface area contributed by atoms with Gasteiger partial charge < -0.3 is 24.0 Å². The van der Waals surface area contributed by atoms with Crippen LogP contribution in [0.2, 0.25) is 0 Å². The Morgan fingerprint density at radius 1 is 1.14 bits per heavy atom. The van der Waals surface area contributed by atoms with Crippen LogP contribution >= 0.6 is 0 Å². The summed E-state index contributed by atoms with van der Waals surface area (Å²) in [5, 5.41) is 0. The molecule has 3 fully saturated rings. The SMILES string of the molecule is O=C(CCOC1CCOCC1)N1CCC(Oc2cccnc2N2CCCC2)C1. The molecule has 1 atom stereocenters. The molecule has 0 saturated carbocycles. The highest BCUT2D eigenvalue weighted by Gasteiger charge is 2.29. The van der Waals surface area contributed by atoms with Crippen molar-refractivity contribution in [3.63, 3.8) is 0 Å². The van der Waals surface area contributed by atoms with Crippen molar-refractivity contribution in [2.45, 2.75) is 50.7 Å². The summed E-state index contributed by atoms with van der Waals surface area (Å²) in [4.78, 5) is 21.2. The molecule has 1 aromatic heterocycles. The van der Waals surface area contributed by atoms with E-state index >= 15 is 0 Å². The maximum atomic E-state index is 12.5. The number of carbonyl (C=O) groups is 1. The highest BCUT2D eigenvalue weighted by molar-refractivity contribution is 5.76. The Kier molecular flexibility index (Phi) is 6.65. The number of amides is 1. The smallest absolute Gasteiger partial charge is 0.225 e. The summed E-state index contributed by atoms with van der Waals surface area (Å²) in [6, 6.07) is 3.91. The number of rotatable bonds is 7. The molecule has 0 aromatic carbocycles. The van der Waals surface area contributed by atoms with Crippen LogP contribution in [0, 0.1) is 0 Å². The molecule has 0 N–H and O–H groups in total. The monoisotopic (exact) mass is 389 g/mol. The van der Waals surface area contributed by atoms with Crippen molar-refractivity contribution in [1.82, 2.24) is 9.88 Å². The molecule has 0 radical (unpaired) electrons. The van der Waals surface area contributed by atoms with E-state index in [-0.39, 0.29) is 18.1 Å². The number of aromatic nitrogens is 1. The second-order valence-electron chi connectivity index (χ2n) is 7.82. The van der Waals surface area contributed by atoms with E-state index in [1.54, 1.807) is 0 Å². The fourth-order valence-electron chi connectivity index (χ4n) is 4.18. The number of hydrogen-bond donors (Lipinski definition) is 0. The van der Waals surface area contributed by atoms with Gasteiger partial charge in [0.25, 0.3) is 0 Å². The minimum atomic E-state index is 0.0333. The van der Waals surface area contributed by atoms with Gasteiger partial charge in [0, 0.05) is 45.5 Å². The topological polar surface area (TPSA) is 64.1 Å². The van der Waals surface area contributed by atoms with Crippen LogP contribution in [-0.2, 0) is 14.3 Å². The molecule has 7 nitrogen and oxygen atoms in total. The number of nitrogens with zero attached hydrogens (tertiary/aromatic N) is 3. The predicted molar refractivity (Wildman–Crippen MR) is 106 cm³/mol. The van der Waals surface area contributed by atoms with Crippen LogP contribution in [0.3, 0.4) is 0 Å². The van der Waals surface area contributed by atoms with Crippen LogP contribution < -0.4 is 9.64 Å². The molecule has 7 heteroatoms. The van der Waals surface area contributed by atoms with Crippen molar-refractivity contribution >= 4 is 11.7 Å². The Bertz CT molecular complexity index is 644. The average molecular weight is 389 g/mol. The first-order chi connectivity index (χ1) is 13.8. The Morgan fingerprint density at radius 2 is 1.96 bits per heavy atom. The summed E-state index contributed by atoms with van der Waals surface area (Å²) in [7, 11) is 0. The minimum absolute atomic E-state index is 0.0333. The van der Waals surface area contributed by atoms with Gasteiger partial charge in [-0.15, -0.1) is 0 Å². The molecular weight excluding hydrogens is 358 g/mol. The van der Waals surface area contributed by atoms with Gasteiger partial charge in [-0.1, -0.05) is 0 Å². The number of hydrogen-bond acceptors (Lipinski definition) is 6. The summed E-state index contributed by atoms with van der Waals surface area (Å²) >= 11 is 0. The van der Waals surface area contributed by atoms with Crippen molar-refractivity contribution in [3.05, 3.63) is 18.3 Å². The molecule has 3 saturated heterocycles. The van der Waals surface area contributed by atoms with Crippen LogP contribution in [0.4, 0.5) is 5.82 Å². The summed E-state index contributed by atoms with van der Waals surface area (Å²) in [5.74, 6) is 1.94. The zero-order valence-electron chi connectivity index (χ0n) is 16.6. The van der Waals surface area contributed by atoms with Gasteiger partial charge in [-0.3, -0.25) is 4.79 Å². The Labute approximate surface area is 166 Å². The maximum absolute atomic E-state index is 12.5. The van der Waals surface area contributed by atoms with Crippen molar-refractivity contribution in [1.29, 1.82) is 0 Å². The van der Waals surface area contributed by atoms with E-state index in [1.165, 1.54) is 12.8 Å². The quantitative estimate of drug-likeness (QED) is 0.713. The Hall–Kier alpha value is -1.86. The number of likely N-dealkylation sites (tertiary alicyclic amines) is 1. The molecule has 0 bridgehead atoms. The second kappa shape index (κ2) is 9.56. The van der Waals surface area contributed by atoms with Crippen LogP contribution in [-0.4, -0.2) is 74.0 Å². The average Bonchev–Trinajstić information content (AvgIpc) is 3.41. The lowest BCUT2D eigenvalue weighted by molar-refractivity contribution is -0.132. The van der Waals surface area contributed by atoms with Crippen molar-refractivity contribution in [2.24, 2.45) is 0 Å². The van der Waals surface area contributed by atoms with Crippen molar-refractivity contribution < 1.29 is 19.0 Å². The third-order valence-electron chi connectivity index (χ3n) is 5.79. The lowest BCUT2D eigenvalue weighted by atomic mass is 10.1. The van der Waals surface area contributed by atoms with E-state index in [0.29, 0.717) is 19.6 Å². The first-order valence-electron chi connectivity index (χ1n) is 10.6. The molecule has 1 amide bonds. The molecule has 28 heavy (non-hydrogen) atoms. The largest absolute Gasteiger partial charge is 0.485 e. The molecule has 3 aliphatic heterocycles. The lowest BCUT2D eigenvalue weighted by Crippen LogP contribution is -2.32. The van der Waals surface area contributed by atoms with Gasteiger partial charge in [0.05, 0.1) is 25.7 Å². The number of anilines is 1. The third kappa shape index (κ3) is 4.94. The van der Waals surface area contributed by atoms with E-state index in [2.05, 4.69) is 9.88 Å². The van der Waals surface area contributed by atoms with Crippen LogP contribution in [0.25, 0.3) is 0 Å². The van der Waals surface area contributed by atoms with Crippen LogP contribution in [0.1, 0.15) is 38.5 Å². The Morgan fingerprint density at radius 3 is 2.79 bits per heavy atom. The van der Waals surface area contributed by atoms with Gasteiger partial charge >= 0.3 is 0 Å². The maximum Gasteiger partial charge on any atom is 0.225 e. The van der Waals surface area contributed by atoms with Gasteiger partial charge in [-0.05, 0) is 37.8 Å². The number of pyridine rings is 1. The number of carbonyl (C=O) groups excluding carboxylic acids is 1. The molecule has 4 heterocycles. The zero-order chi connectivity index (χ0) is 19.2. The molecule has 4 rings (SSSR count). The van der Waals surface area contributed by atoms with Crippen molar-refractivity contribution in [3.8, 4) is 5.75 Å². The summed E-state index contributed by atoms with van der Waals surface area (Å²) in [6.07, 6.45) is 7.67. The molecule has 0 aliphatic carbocycles. The van der Waals surface area contributed by atoms with E-state index in [1.807, 2.05) is 23.2 Å². The van der Waals surface area contributed by atoms with E-state index in [9.17, 15) is 4.79 Å². The van der Waals surface area contributed by atoms with E-state index < -0.39 is 0 Å². The molecular formula is C21H31N3O4. The molecule has 0 spiro atoms. The van der Waals surface area contributed by atoms with Crippen molar-refractivity contribution in [2.75, 3.05) is 50.9 Å². The fraction of sp³-hybridized carbons (Fsp3) is 0.714. The summed E-state index contributed by atoms with van der Waals surface area (Å²) < 4.78 is 17.4. The van der Waals surface area contributed by atoms with E-state index in [4.69, 9.17) is 14.2 Å². The van der Waals surface area contributed by atoms with E-state index in [0.717, 1.165) is 63.7 Å². The first-order valence-corrected chi connectivity index (χ1v) is 10.6. The van der Waals surface area contributed by atoms with Gasteiger partial charge in [-0.2, -0.15) is 0 Å². The van der Waals surface area contributed by atoms with Crippen LogP contribution in [0.5, 0.6) is 5.75 Å². The van der Waals surface area contributed by atoms with Gasteiger partial charge in [0.1, 0.15) is 6.10 Å². The first kappa shape index (κ1) is 19.5. The molecule has 3 aliphatic rings. The second-order valence-corrected chi connectivity index (χ2v) is 7.82.